The Hall–Kier alpha value is -1.26. The summed E-state index contributed by atoms with van der Waals surface area (Å²) in [6, 6.07) is 7.68. The fourth-order valence-corrected chi connectivity index (χ4v) is 2.17. The summed E-state index contributed by atoms with van der Waals surface area (Å²) in [5.74, 6) is 1.66. The molecule has 1 unspecified atom stereocenters. The molecule has 0 saturated carbocycles. The number of ether oxygens (including phenoxy) is 2. The molecule has 0 radical (unpaired) electrons. The summed E-state index contributed by atoms with van der Waals surface area (Å²) in [6.07, 6.45) is 2.69. The molecule has 0 heterocycles. The third-order valence-electron chi connectivity index (χ3n) is 3.69. The minimum absolute atomic E-state index is 0.153. The standard InChI is InChI=1S/C16H27NO3/c1-4-16(13-18,17-3)10-7-11-20-15-9-6-8-14(12-15)19-5-2/h6,8-9,12,17-18H,4-5,7,10-11,13H2,1-3H3. The highest BCUT2D eigenvalue weighted by atomic mass is 16.5. The lowest BCUT2D eigenvalue weighted by atomic mass is 9.92. The van der Waals surface area contributed by atoms with Crippen LogP contribution in [0.4, 0.5) is 0 Å². The average molecular weight is 281 g/mol. The van der Waals surface area contributed by atoms with Gasteiger partial charge in [0, 0.05) is 11.6 Å². The zero-order chi connectivity index (χ0) is 14.8. The summed E-state index contributed by atoms with van der Waals surface area (Å²) in [5.41, 5.74) is -0.184. The van der Waals surface area contributed by atoms with Gasteiger partial charge in [0.2, 0.25) is 0 Å². The number of aliphatic hydroxyl groups is 1. The van der Waals surface area contributed by atoms with Gasteiger partial charge in [-0.3, -0.25) is 0 Å². The Kier molecular flexibility index (Phi) is 7.41. The normalized spacial score (nSPS) is 13.8. The van der Waals surface area contributed by atoms with Crippen LogP contribution in [0.15, 0.2) is 24.3 Å². The lowest BCUT2D eigenvalue weighted by Crippen LogP contribution is -2.46. The van der Waals surface area contributed by atoms with E-state index in [0.29, 0.717) is 13.2 Å². The fraction of sp³-hybridized carbons (Fsp3) is 0.625. The second kappa shape index (κ2) is 8.82. The number of benzene rings is 1. The molecule has 0 fully saturated rings. The number of aliphatic hydroxyl groups excluding tert-OH is 1. The van der Waals surface area contributed by atoms with Gasteiger partial charge in [0.15, 0.2) is 0 Å². The van der Waals surface area contributed by atoms with Gasteiger partial charge >= 0.3 is 0 Å². The molecule has 2 N–H and O–H groups in total. The van der Waals surface area contributed by atoms with Crippen LogP contribution in [0.2, 0.25) is 0 Å². The van der Waals surface area contributed by atoms with Gasteiger partial charge in [-0.25, -0.2) is 0 Å². The molecule has 1 rings (SSSR count). The number of rotatable bonds is 10. The number of hydrogen-bond donors (Lipinski definition) is 2. The predicted octanol–water partition coefficient (Wildman–Crippen LogP) is 2.60. The molecule has 0 spiro atoms. The molecular weight excluding hydrogens is 254 g/mol. The molecule has 0 amide bonds. The lowest BCUT2D eigenvalue weighted by molar-refractivity contribution is 0.145. The van der Waals surface area contributed by atoms with E-state index in [1.165, 1.54) is 0 Å². The van der Waals surface area contributed by atoms with Crippen molar-refractivity contribution in [3.8, 4) is 11.5 Å². The van der Waals surface area contributed by atoms with Crippen molar-refractivity contribution in [3.63, 3.8) is 0 Å². The molecule has 0 aliphatic carbocycles. The summed E-state index contributed by atoms with van der Waals surface area (Å²) >= 11 is 0. The third kappa shape index (κ3) is 5.02. The first-order valence-corrected chi connectivity index (χ1v) is 7.35. The summed E-state index contributed by atoms with van der Waals surface area (Å²) < 4.78 is 11.2. The van der Waals surface area contributed by atoms with E-state index < -0.39 is 0 Å². The van der Waals surface area contributed by atoms with Gasteiger partial charge in [-0.1, -0.05) is 13.0 Å². The average Bonchev–Trinajstić information content (AvgIpc) is 2.49. The Balaban J connectivity index is 2.39. The Morgan fingerprint density at radius 3 is 2.45 bits per heavy atom. The van der Waals surface area contributed by atoms with E-state index in [9.17, 15) is 5.11 Å². The molecule has 4 heteroatoms. The molecule has 1 aromatic rings. The number of nitrogens with one attached hydrogen (secondary N) is 1. The second-order valence-corrected chi connectivity index (χ2v) is 4.90. The van der Waals surface area contributed by atoms with E-state index in [2.05, 4.69) is 12.2 Å². The quantitative estimate of drug-likeness (QED) is 0.647. The highest BCUT2D eigenvalue weighted by Crippen LogP contribution is 2.21. The van der Waals surface area contributed by atoms with Gasteiger partial charge in [-0.15, -0.1) is 0 Å². The van der Waals surface area contributed by atoms with E-state index in [0.717, 1.165) is 30.8 Å². The molecule has 0 saturated heterocycles. The first-order valence-electron chi connectivity index (χ1n) is 7.35. The van der Waals surface area contributed by atoms with Gasteiger partial charge in [0.25, 0.3) is 0 Å². The van der Waals surface area contributed by atoms with Crippen molar-refractivity contribution in [2.24, 2.45) is 0 Å². The largest absolute Gasteiger partial charge is 0.494 e. The molecule has 20 heavy (non-hydrogen) atoms. The molecule has 0 aliphatic rings. The first-order chi connectivity index (χ1) is 9.69. The summed E-state index contributed by atoms with van der Waals surface area (Å²) in [7, 11) is 1.89. The molecular formula is C16H27NO3. The van der Waals surface area contributed by atoms with Crippen LogP contribution in [0.25, 0.3) is 0 Å². The Bertz CT molecular complexity index is 369. The van der Waals surface area contributed by atoms with Crippen molar-refractivity contribution in [2.45, 2.75) is 38.6 Å². The smallest absolute Gasteiger partial charge is 0.122 e. The fourth-order valence-electron chi connectivity index (χ4n) is 2.17. The zero-order valence-electron chi connectivity index (χ0n) is 12.8. The highest BCUT2D eigenvalue weighted by molar-refractivity contribution is 5.32. The maximum atomic E-state index is 9.47. The van der Waals surface area contributed by atoms with E-state index in [-0.39, 0.29) is 12.1 Å². The molecule has 1 aromatic carbocycles. The number of hydrogen-bond acceptors (Lipinski definition) is 4. The van der Waals surface area contributed by atoms with Crippen LogP contribution < -0.4 is 14.8 Å². The molecule has 1 atom stereocenters. The van der Waals surface area contributed by atoms with Crippen LogP contribution in [0.1, 0.15) is 33.1 Å². The molecule has 0 bridgehead atoms. The van der Waals surface area contributed by atoms with Crippen LogP contribution in [0, 0.1) is 0 Å². The summed E-state index contributed by atoms with van der Waals surface area (Å²) in [6.45, 7) is 5.49. The maximum absolute atomic E-state index is 9.47. The van der Waals surface area contributed by atoms with Crippen LogP contribution in [-0.4, -0.2) is 37.5 Å². The predicted molar refractivity (Wildman–Crippen MR) is 81.5 cm³/mol. The first kappa shape index (κ1) is 16.8. The second-order valence-electron chi connectivity index (χ2n) is 4.90. The lowest BCUT2D eigenvalue weighted by Gasteiger charge is -2.30. The Morgan fingerprint density at radius 1 is 1.20 bits per heavy atom. The van der Waals surface area contributed by atoms with E-state index in [1.807, 2.05) is 38.2 Å². The maximum Gasteiger partial charge on any atom is 0.122 e. The molecule has 114 valence electrons. The van der Waals surface area contributed by atoms with E-state index >= 15 is 0 Å². The van der Waals surface area contributed by atoms with Crippen LogP contribution in [0.3, 0.4) is 0 Å². The zero-order valence-corrected chi connectivity index (χ0v) is 12.8. The van der Waals surface area contributed by atoms with Crippen LogP contribution in [-0.2, 0) is 0 Å². The van der Waals surface area contributed by atoms with Crippen molar-refractivity contribution in [2.75, 3.05) is 26.9 Å². The summed E-state index contributed by atoms with van der Waals surface area (Å²) in [5, 5.41) is 12.7. The van der Waals surface area contributed by atoms with Gasteiger partial charge in [-0.2, -0.15) is 0 Å². The SMILES string of the molecule is CCOc1cccc(OCCCC(CC)(CO)NC)c1. The monoisotopic (exact) mass is 281 g/mol. The topological polar surface area (TPSA) is 50.7 Å². The van der Waals surface area contributed by atoms with E-state index in [4.69, 9.17) is 9.47 Å². The van der Waals surface area contributed by atoms with E-state index in [1.54, 1.807) is 0 Å². The van der Waals surface area contributed by atoms with Crippen LogP contribution >= 0.6 is 0 Å². The van der Waals surface area contributed by atoms with Gasteiger partial charge in [0.05, 0.1) is 19.8 Å². The Labute approximate surface area is 122 Å². The van der Waals surface area contributed by atoms with Crippen molar-refractivity contribution >= 4 is 0 Å². The van der Waals surface area contributed by atoms with Gasteiger partial charge in [-0.05, 0) is 45.4 Å². The molecule has 0 aliphatic heterocycles. The van der Waals surface area contributed by atoms with Crippen molar-refractivity contribution in [1.29, 1.82) is 0 Å². The minimum Gasteiger partial charge on any atom is -0.494 e. The minimum atomic E-state index is -0.184. The van der Waals surface area contributed by atoms with Crippen molar-refractivity contribution in [1.82, 2.24) is 5.32 Å². The van der Waals surface area contributed by atoms with Gasteiger partial charge < -0.3 is 19.9 Å². The van der Waals surface area contributed by atoms with Crippen molar-refractivity contribution in [3.05, 3.63) is 24.3 Å². The molecule has 0 aromatic heterocycles. The Morgan fingerprint density at radius 2 is 1.90 bits per heavy atom. The summed E-state index contributed by atoms with van der Waals surface area (Å²) in [4.78, 5) is 0. The number of likely N-dealkylation sites (N-methyl/N-ethyl adjacent to an activating group) is 1. The van der Waals surface area contributed by atoms with Crippen LogP contribution in [0.5, 0.6) is 11.5 Å². The van der Waals surface area contributed by atoms with Crippen molar-refractivity contribution < 1.29 is 14.6 Å². The highest BCUT2D eigenvalue weighted by Gasteiger charge is 2.24. The third-order valence-corrected chi connectivity index (χ3v) is 3.69. The van der Waals surface area contributed by atoms with Gasteiger partial charge in [0.1, 0.15) is 11.5 Å². The molecule has 4 nitrogen and oxygen atoms in total.